The van der Waals surface area contributed by atoms with Gasteiger partial charge in [0.2, 0.25) is 5.91 Å². The highest BCUT2D eigenvalue weighted by Gasteiger charge is 2.51. The van der Waals surface area contributed by atoms with Crippen LogP contribution in [0.15, 0.2) is 30.4 Å². The highest BCUT2D eigenvalue weighted by Crippen LogP contribution is 2.48. The molecule has 1 amide bonds. The zero-order chi connectivity index (χ0) is 16.6. The second-order valence-electron chi connectivity index (χ2n) is 6.37. The molecule has 1 aromatic rings. The summed E-state index contributed by atoms with van der Waals surface area (Å²) in [5.74, 6) is -1.38. The van der Waals surface area contributed by atoms with Crippen LogP contribution in [0.2, 0.25) is 0 Å². The van der Waals surface area contributed by atoms with Crippen LogP contribution in [0.5, 0.6) is 5.75 Å². The maximum atomic E-state index is 12.5. The van der Waals surface area contributed by atoms with Gasteiger partial charge in [0.05, 0.1) is 18.9 Å². The third kappa shape index (κ3) is 2.83. The summed E-state index contributed by atoms with van der Waals surface area (Å²) in [6.07, 6.45) is 4.69. The van der Waals surface area contributed by atoms with E-state index in [9.17, 15) is 14.7 Å². The van der Waals surface area contributed by atoms with Crippen molar-refractivity contribution < 1.29 is 19.4 Å². The molecule has 23 heavy (non-hydrogen) atoms. The van der Waals surface area contributed by atoms with Crippen LogP contribution < -0.4 is 10.1 Å². The van der Waals surface area contributed by atoms with Crippen molar-refractivity contribution in [3.8, 4) is 5.75 Å². The first kappa shape index (κ1) is 15.6. The molecule has 2 bridgehead atoms. The van der Waals surface area contributed by atoms with E-state index in [4.69, 9.17) is 4.74 Å². The average Bonchev–Trinajstić information content (AvgIpc) is 3.14. The Morgan fingerprint density at radius 1 is 1.26 bits per heavy atom. The number of amides is 1. The van der Waals surface area contributed by atoms with Crippen molar-refractivity contribution in [1.82, 2.24) is 5.32 Å². The molecule has 0 radical (unpaired) electrons. The molecule has 3 rings (SSSR count). The fraction of sp³-hybridized carbons (Fsp3) is 0.444. The van der Waals surface area contributed by atoms with Crippen molar-refractivity contribution in [2.75, 3.05) is 7.11 Å². The van der Waals surface area contributed by atoms with Crippen LogP contribution in [-0.4, -0.2) is 24.1 Å². The van der Waals surface area contributed by atoms with E-state index in [0.29, 0.717) is 6.54 Å². The van der Waals surface area contributed by atoms with Gasteiger partial charge in [-0.25, -0.2) is 0 Å². The molecule has 1 aromatic carbocycles. The van der Waals surface area contributed by atoms with Crippen LogP contribution in [0.3, 0.4) is 0 Å². The lowest BCUT2D eigenvalue weighted by Gasteiger charge is -2.24. The summed E-state index contributed by atoms with van der Waals surface area (Å²) in [5, 5.41) is 12.3. The molecule has 2 aliphatic carbocycles. The molecule has 4 unspecified atom stereocenters. The Hall–Kier alpha value is -2.30. The predicted octanol–water partition coefficient (Wildman–Crippen LogP) is 2.14. The van der Waals surface area contributed by atoms with Crippen molar-refractivity contribution in [1.29, 1.82) is 0 Å². The number of carboxylic acid groups (broad SMARTS) is 1. The summed E-state index contributed by atoms with van der Waals surface area (Å²) < 4.78 is 5.34. The number of benzene rings is 1. The van der Waals surface area contributed by atoms with Gasteiger partial charge in [-0.1, -0.05) is 24.3 Å². The number of carbonyl (C=O) groups excluding carboxylic acids is 1. The Morgan fingerprint density at radius 3 is 2.61 bits per heavy atom. The molecular weight excluding hydrogens is 294 g/mol. The third-order valence-corrected chi connectivity index (χ3v) is 4.94. The van der Waals surface area contributed by atoms with Gasteiger partial charge in [-0.2, -0.15) is 0 Å². The van der Waals surface area contributed by atoms with E-state index in [1.807, 2.05) is 37.3 Å². The van der Waals surface area contributed by atoms with E-state index in [0.717, 1.165) is 23.3 Å². The molecule has 5 nitrogen and oxygen atoms in total. The number of hydrogen-bond acceptors (Lipinski definition) is 3. The summed E-state index contributed by atoms with van der Waals surface area (Å²) in [6.45, 7) is 2.32. The molecule has 2 aliphatic rings. The summed E-state index contributed by atoms with van der Waals surface area (Å²) >= 11 is 0. The fourth-order valence-electron chi connectivity index (χ4n) is 3.81. The molecule has 5 heteroatoms. The van der Waals surface area contributed by atoms with Crippen LogP contribution in [-0.2, 0) is 16.1 Å². The first-order valence-corrected chi connectivity index (χ1v) is 7.83. The summed E-state index contributed by atoms with van der Waals surface area (Å²) in [5.41, 5.74) is 1.97. The third-order valence-electron chi connectivity index (χ3n) is 4.94. The largest absolute Gasteiger partial charge is 0.496 e. The van der Waals surface area contributed by atoms with Crippen molar-refractivity contribution in [3.05, 3.63) is 41.5 Å². The lowest BCUT2D eigenvalue weighted by molar-refractivity contribution is -0.147. The van der Waals surface area contributed by atoms with Crippen molar-refractivity contribution in [2.45, 2.75) is 19.9 Å². The first-order chi connectivity index (χ1) is 11.0. The number of ether oxygens (including phenoxy) is 1. The Labute approximate surface area is 135 Å². The van der Waals surface area contributed by atoms with Gasteiger partial charge in [-0.3, -0.25) is 9.59 Å². The van der Waals surface area contributed by atoms with Gasteiger partial charge < -0.3 is 15.2 Å². The maximum Gasteiger partial charge on any atom is 0.307 e. The number of hydrogen-bond donors (Lipinski definition) is 2. The topological polar surface area (TPSA) is 75.6 Å². The fourth-order valence-corrected chi connectivity index (χ4v) is 3.81. The summed E-state index contributed by atoms with van der Waals surface area (Å²) in [7, 11) is 1.60. The highest BCUT2D eigenvalue weighted by molar-refractivity contribution is 5.86. The number of allylic oxidation sites excluding steroid dienone is 2. The van der Waals surface area contributed by atoms with Gasteiger partial charge >= 0.3 is 5.97 Å². The van der Waals surface area contributed by atoms with Gasteiger partial charge in [-0.15, -0.1) is 0 Å². The van der Waals surface area contributed by atoms with E-state index in [-0.39, 0.29) is 17.7 Å². The van der Waals surface area contributed by atoms with Gasteiger partial charge in [0.15, 0.2) is 0 Å². The van der Waals surface area contributed by atoms with Crippen LogP contribution >= 0.6 is 0 Å². The van der Waals surface area contributed by atoms with Crippen molar-refractivity contribution >= 4 is 11.9 Å². The lowest BCUT2D eigenvalue weighted by Crippen LogP contribution is -2.39. The van der Waals surface area contributed by atoms with E-state index < -0.39 is 17.8 Å². The molecule has 2 N–H and O–H groups in total. The predicted molar refractivity (Wildman–Crippen MR) is 84.9 cm³/mol. The molecule has 4 atom stereocenters. The van der Waals surface area contributed by atoms with Gasteiger partial charge in [-0.05, 0) is 36.8 Å². The number of fused-ring (bicyclic) bond motifs is 2. The zero-order valence-corrected chi connectivity index (χ0v) is 13.3. The normalized spacial score (nSPS) is 27.9. The standard InChI is InChI=1S/C18H21NO4/c1-10-3-4-13(14(7-10)23-2)9-19-17(20)15-11-5-6-12(8-11)16(15)18(21)22/h3-7,11-12,15-16H,8-9H2,1-2H3,(H,19,20)(H,21,22). The lowest BCUT2D eigenvalue weighted by atomic mass is 9.82. The maximum absolute atomic E-state index is 12.5. The van der Waals surface area contributed by atoms with Crippen molar-refractivity contribution in [2.24, 2.45) is 23.7 Å². The quantitative estimate of drug-likeness (QED) is 0.816. The van der Waals surface area contributed by atoms with E-state index >= 15 is 0 Å². The molecule has 0 saturated heterocycles. The zero-order valence-electron chi connectivity index (χ0n) is 13.3. The van der Waals surface area contributed by atoms with E-state index in [1.54, 1.807) is 7.11 Å². The number of carbonyl (C=O) groups is 2. The van der Waals surface area contributed by atoms with E-state index in [1.165, 1.54) is 0 Å². The van der Waals surface area contributed by atoms with Crippen LogP contribution in [0.4, 0.5) is 0 Å². The number of aliphatic carboxylic acids is 1. The van der Waals surface area contributed by atoms with Crippen LogP contribution in [0, 0.1) is 30.6 Å². The SMILES string of the molecule is COc1cc(C)ccc1CNC(=O)C1C2C=CC(C2)C1C(=O)O. The first-order valence-electron chi connectivity index (χ1n) is 7.83. The molecule has 1 saturated carbocycles. The van der Waals surface area contributed by atoms with Crippen LogP contribution in [0.25, 0.3) is 0 Å². The monoisotopic (exact) mass is 315 g/mol. The van der Waals surface area contributed by atoms with Gasteiger partial charge in [0.1, 0.15) is 5.75 Å². The number of carboxylic acids is 1. The smallest absolute Gasteiger partial charge is 0.307 e. The van der Waals surface area contributed by atoms with Gasteiger partial charge in [0.25, 0.3) is 0 Å². The summed E-state index contributed by atoms with van der Waals surface area (Å²) in [6, 6.07) is 5.80. The Kier molecular flexibility index (Phi) is 4.11. The van der Waals surface area contributed by atoms with Crippen LogP contribution in [0.1, 0.15) is 17.5 Å². The molecule has 0 spiro atoms. The second-order valence-corrected chi connectivity index (χ2v) is 6.37. The number of rotatable bonds is 5. The number of aryl methyl sites for hydroxylation is 1. The summed E-state index contributed by atoms with van der Waals surface area (Å²) in [4.78, 5) is 24.0. The van der Waals surface area contributed by atoms with E-state index in [2.05, 4.69) is 5.32 Å². The molecular formula is C18H21NO4. The Balaban J connectivity index is 1.70. The molecule has 1 fully saturated rings. The van der Waals surface area contributed by atoms with Gasteiger partial charge in [0, 0.05) is 12.1 Å². The highest BCUT2D eigenvalue weighted by atomic mass is 16.5. The molecule has 122 valence electrons. The molecule has 0 heterocycles. The number of methoxy groups -OCH3 is 1. The Bertz CT molecular complexity index is 667. The minimum Gasteiger partial charge on any atom is -0.496 e. The van der Waals surface area contributed by atoms with Crippen molar-refractivity contribution in [3.63, 3.8) is 0 Å². The minimum absolute atomic E-state index is 0.0119. The number of nitrogens with one attached hydrogen (secondary N) is 1. The molecule has 0 aliphatic heterocycles. The molecule has 0 aromatic heterocycles. The minimum atomic E-state index is -0.880. The second kappa shape index (κ2) is 6.07. The average molecular weight is 315 g/mol. The Morgan fingerprint density at radius 2 is 1.96 bits per heavy atom.